The van der Waals surface area contributed by atoms with E-state index in [2.05, 4.69) is 157 Å². The molecule has 0 N–H and O–H groups in total. The van der Waals surface area contributed by atoms with Gasteiger partial charge in [0.05, 0.1) is 5.69 Å². The zero-order chi connectivity index (χ0) is 29.5. The van der Waals surface area contributed by atoms with Gasteiger partial charge in [0.2, 0.25) is 0 Å². The molecule has 2 aromatic heterocycles. The summed E-state index contributed by atoms with van der Waals surface area (Å²) in [5.74, 6) is 0. The highest BCUT2D eigenvalue weighted by Gasteiger charge is 2.20. The Balaban J connectivity index is 1.33. The van der Waals surface area contributed by atoms with Crippen molar-refractivity contribution in [1.29, 1.82) is 0 Å². The molecule has 0 atom stereocenters. The van der Waals surface area contributed by atoms with Crippen molar-refractivity contribution in [3.63, 3.8) is 0 Å². The van der Waals surface area contributed by atoms with Crippen molar-refractivity contribution in [1.82, 2.24) is 0 Å². The maximum Gasteiger partial charge on any atom is 0.0546 e. The molecule has 1 nitrogen and oxygen atoms in total. The number of nitrogens with zero attached hydrogens (tertiary/aromatic N) is 1. The summed E-state index contributed by atoms with van der Waals surface area (Å²) in [5.41, 5.74) is 3.51. The van der Waals surface area contributed by atoms with E-state index < -0.39 is 0 Å². The standard InChI is InChI=1S/C42H25NS2/c1-2-10-29-26(9-1)17-20-31-30-11-3-4-12-32(30)38(25-35(29)31)43(27-18-21-41-36(23-27)33-13-5-7-15-39(33)44-41)28-19-22-42-37(24-28)34-14-6-8-16-40(34)45-42/h1-25H. The number of hydrogen-bond donors (Lipinski definition) is 0. The zero-order valence-electron chi connectivity index (χ0n) is 24.2. The number of benzene rings is 8. The van der Waals surface area contributed by atoms with E-state index in [1.54, 1.807) is 0 Å². The molecule has 0 spiro atoms. The minimum Gasteiger partial charge on any atom is -0.310 e. The molecule has 10 rings (SSSR count). The highest BCUT2D eigenvalue weighted by Crippen LogP contribution is 2.47. The van der Waals surface area contributed by atoms with Crippen LogP contribution in [-0.4, -0.2) is 0 Å². The molecule has 8 aromatic carbocycles. The fourth-order valence-electron chi connectivity index (χ4n) is 7.16. The molecule has 0 radical (unpaired) electrons. The maximum atomic E-state index is 2.49. The number of hydrogen-bond acceptors (Lipinski definition) is 3. The first-order valence-electron chi connectivity index (χ1n) is 15.3. The molecule has 2 heterocycles. The molecule has 0 amide bonds. The fraction of sp³-hybridized carbons (Fsp3) is 0. The highest BCUT2D eigenvalue weighted by molar-refractivity contribution is 7.26. The quantitative estimate of drug-likeness (QED) is 0.181. The van der Waals surface area contributed by atoms with Crippen LogP contribution in [-0.2, 0) is 0 Å². The largest absolute Gasteiger partial charge is 0.310 e. The third-order valence-electron chi connectivity index (χ3n) is 9.22. The Morgan fingerprint density at radius 1 is 0.311 bits per heavy atom. The van der Waals surface area contributed by atoms with Crippen molar-refractivity contribution in [2.75, 3.05) is 4.90 Å². The molecule has 0 saturated carbocycles. The second-order valence-corrected chi connectivity index (χ2v) is 13.9. The average Bonchev–Trinajstić information content (AvgIpc) is 3.66. The lowest BCUT2D eigenvalue weighted by molar-refractivity contribution is 1.32. The Morgan fingerprint density at radius 3 is 1.44 bits per heavy atom. The molecule has 0 fully saturated rings. The summed E-state index contributed by atoms with van der Waals surface area (Å²) >= 11 is 3.73. The van der Waals surface area contributed by atoms with Gasteiger partial charge >= 0.3 is 0 Å². The second kappa shape index (κ2) is 9.64. The van der Waals surface area contributed by atoms with E-state index in [1.165, 1.54) is 78.3 Å². The van der Waals surface area contributed by atoms with Crippen molar-refractivity contribution in [3.05, 3.63) is 152 Å². The molecular formula is C42H25NS2. The molecule has 0 aliphatic rings. The van der Waals surface area contributed by atoms with Crippen molar-refractivity contribution in [3.8, 4) is 0 Å². The van der Waals surface area contributed by atoms with Crippen LogP contribution in [0.4, 0.5) is 17.1 Å². The van der Waals surface area contributed by atoms with E-state index in [-0.39, 0.29) is 0 Å². The van der Waals surface area contributed by atoms with Gasteiger partial charge in [-0.1, -0.05) is 97.1 Å². The summed E-state index contributed by atoms with van der Waals surface area (Å²) in [5, 5.41) is 12.8. The fourth-order valence-corrected chi connectivity index (χ4v) is 9.33. The lowest BCUT2D eigenvalue weighted by Crippen LogP contribution is -2.10. The first-order chi connectivity index (χ1) is 22.3. The van der Waals surface area contributed by atoms with Gasteiger partial charge in [-0.15, -0.1) is 22.7 Å². The van der Waals surface area contributed by atoms with Crippen LogP contribution in [0.3, 0.4) is 0 Å². The van der Waals surface area contributed by atoms with Crippen LogP contribution in [0.25, 0.3) is 72.7 Å². The van der Waals surface area contributed by atoms with Crippen LogP contribution in [0.15, 0.2) is 152 Å². The summed E-state index contributed by atoms with van der Waals surface area (Å²) in [7, 11) is 0. The summed E-state index contributed by atoms with van der Waals surface area (Å²) in [6.07, 6.45) is 0. The van der Waals surface area contributed by atoms with Crippen LogP contribution in [0.5, 0.6) is 0 Å². The van der Waals surface area contributed by atoms with Gasteiger partial charge in [0.1, 0.15) is 0 Å². The molecule has 0 aliphatic carbocycles. The molecule has 0 saturated heterocycles. The molecule has 3 heteroatoms. The predicted molar refractivity (Wildman–Crippen MR) is 199 cm³/mol. The predicted octanol–water partition coefficient (Wildman–Crippen LogP) is 13.4. The summed E-state index contributed by atoms with van der Waals surface area (Å²) < 4.78 is 5.28. The Bertz CT molecular complexity index is 2670. The third-order valence-corrected chi connectivity index (χ3v) is 11.5. The third kappa shape index (κ3) is 3.78. The Kier molecular flexibility index (Phi) is 5.39. The van der Waals surface area contributed by atoms with Gasteiger partial charge in [-0.3, -0.25) is 0 Å². The topological polar surface area (TPSA) is 3.24 Å². The molecule has 0 bridgehead atoms. The first-order valence-corrected chi connectivity index (χ1v) is 16.9. The van der Waals surface area contributed by atoms with E-state index in [1.807, 2.05) is 22.7 Å². The summed E-state index contributed by atoms with van der Waals surface area (Å²) in [6.45, 7) is 0. The van der Waals surface area contributed by atoms with Gasteiger partial charge < -0.3 is 4.90 Å². The first kappa shape index (κ1) is 25.1. The number of thiophene rings is 2. The van der Waals surface area contributed by atoms with E-state index in [9.17, 15) is 0 Å². The minimum atomic E-state index is 1.16. The molecule has 10 aromatic rings. The normalized spacial score (nSPS) is 12.0. The SMILES string of the molecule is c1ccc2c(c1)ccc1c3ccccc3c(N(c3ccc4sc5ccccc5c4c3)c3ccc4sc5ccccc5c4c3)cc21. The average molecular weight is 608 g/mol. The van der Waals surface area contributed by atoms with E-state index in [4.69, 9.17) is 0 Å². The van der Waals surface area contributed by atoms with Gasteiger partial charge in [0, 0.05) is 57.1 Å². The molecule has 210 valence electrons. The van der Waals surface area contributed by atoms with Crippen LogP contribution < -0.4 is 4.90 Å². The van der Waals surface area contributed by atoms with Crippen molar-refractivity contribution in [2.24, 2.45) is 0 Å². The van der Waals surface area contributed by atoms with Crippen LogP contribution in [0.1, 0.15) is 0 Å². The monoisotopic (exact) mass is 607 g/mol. The van der Waals surface area contributed by atoms with E-state index in [0.29, 0.717) is 0 Å². The Morgan fingerprint density at radius 2 is 0.800 bits per heavy atom. The molecule has 0 unspecified atom stereocenters. The van der Waals surface area contributed by atoms with Gasteiger partial charge in [-0.25, -0.2) is 0 Å². The Labute approximate surface area is 267 Å². The van der Waals surface area contributed by atoms with Gasteiger partial charge in [0.25, 0.3) is 0 Å². The lowest BCUT2D eigenvalue weighted by atomic mass is 9.95. The van der Waals surface area contributed by atoms with Gasteiger partial charge in [-0.05, 0) is 81.5 Å². The molecule has 45 heavy (non-hydrogen) atoms. The maximum absolute atomic E-state index is 2.49. The minimum absolute atomic E-state index is 1.16. The van der Waals surface area contributed by atoms with Crippen molar-refractivity contribution >= 4 is 112 Å². The van der Waals surface area contributed by atoms with Crippen LogP contribution in [0.2, 0.25) is 0 Å². The van der Waals surface area contributed by atoms with Gasteiger partial charge in [-0.2, -0.15) is 0 Å². The number of fused-ring (bicyclic) bond motifs is 11. The number of rotatable bonds is 3. The van der Waals surface area contributed by atoms with Crippen molar-refractivity contribution < 1.29 is 0 Å². The van der Waals surface area contributed by atoms with Gasteiger partial charge in [0.15, 0.2) is 0 Å². The molecule has 0 aliphatic heterocycles. The summed E-state index contributed by atoms with van der Waals surface area (Å²) in [4.78, 5) is 2.49. The van der Waals surface area contributed by atoms with Crippen LogP contribution >= 0.6 is 22.7 Å². The number of anilines is 3. The van der Waals surface area contributed by atoms with Crippen molar-refractivity contribution in [2.45, 2.75) is 0 Å². The summed E-state index contributed by atoms with van der Waals surface area (Å²) in [6, 6.07) is 56.2. The van der Waals surface area contributed by atoms with E-state index >= 15 is 0 Å². The Hall–Kier alpha value is -5.22. The second-order valence-electron chi connectivity index (χ2n) is 11.7. The smallest absolute Gasteiger partial charge is 0.0546 e. The molecular weight excluding hydrogens is 583 g/mol. The van der Waals surface area contributed by atoms with Crippen LogP contribution in [0, 0.1) is 0 Å². The zero-order valence-corrected chi connectivity index (χ0v) is 25.8. The lowest BCUT2D eigenvalue weighted by Gasteiger charge is -2.28. The van der Waals surface area contributed by atoms with E-state index in [0.717, 1.165) is 11.4 Å². The highest BCUT2D eigenvalue weighted by atomic mass is 32.1.